The number of aromatic carboxylic acids is 1. The van der Waals surface area contributed by atoms with Crippen LogP contribution in [0.25, 0.3) is 0 Å². The monoisotopic (exact) mass is 281 g/mol. The number of carboxylic acids is 1. The van der Waals surface area contributed by atoms with Crippen LogP contribution in [0, 0.1) is 0 Å². The predicted molar refractivity (Wildman–Crippen MR) is 70.7 cm³/mol. The van der Waals surface area contributed by atoms with Crippen molar-refractivity contribution in [3.63, 3.8) is 0 Å². The average molecular weight is 281 g/mol. The Bertz CT molecular complexity index is 544. The number of aromatic hydroxyl groups is 1. The molecule has 8 nitrogen and oxygen atoms in total. The molecular weight excluding hydrogens is 266 g/mol. The van der Waals surface area contributed by atoms with Crippen LogP contribution in [-0.4, -0.2) is 41.2 Å². The predicted octanol–water partition coefficient (Wildman–Crippen LogP) is 0.346. The highest BCUT2D eigenvalue weighted by Gasteiger charge is 2.15. The first-order valence-electron chi connectivity index (χ1n) is 5.70. The standard InChI is InChI=1S/C12H15N3O5/c1-6(10(17)13-2)14-12(20)15-7-3-4-9(16)8(5-7)11(18)19/h3-6,16H,1-2H3,(H,13,17)(H,18,19)(H2,14,15,20). The zero-order valence-corrected chi connectivity index (χ0v) is 10.9. The van der Waals surface area contributed by atoms with Crippen molar-refractivity contribution < 1.29 is 24.6 Å². The van der Waals surface area contributed by atoms with Gasteiger partial charge in [0.1, 0.15) is 17.4 Å². The van der Waals surface area contributed by atoms with E-state index in [9.17, 15) is 19.5 Å². The summed E-state index contributed by atoms with van der Waals surface area (Å²) in [5.41, 5.74) is -0.149. The number of amides is 3. The fraction of sp³-hybridized carbons (Fsp3) is 0.250. The van der Waals surface area contributed by atoms with E-state index < -0.39 is 23.8 Å². The lowest BCUT2D eigenvalue weighted by atomic mass is 10.2. The normalized spacial score (nSPS) is 11.3. The van der Waals surface area contributed by atoms with Gasteiger partial charge >= 0.3 is 12.0 Å². The van der Waals surface area contributed by atoms with Crippen LogP contribution in [-0.2, 0) is 4.79 Å². The summed E-state index contributed by atoms with van der Waals surface area (Å²) in [6.45, 7) is 1.50. The van der Waals surface area contributed by atoms with Crippen LogP contribution in [0.4, 0.5) is 10.5 Å². The number of hydrogen-bond acceptors (Lipinski definition) is 4. The molecule has 1 aromatic rings. The molecule has 20 heavy (non-hydrogen) atoms. The van der Waals surface area contributed by atoms with Gasteiger partial charge in [0, 0.05) is 12.7 Å². The van der Waals surface area contributed by atoms with Gasteiger partial charge in [0.15, 0.2) is 0 Å². The minimum absolute atomic E-state index is 0.182. The zero-order chi connectivity index (χ0) is 15.3. The second kappa shape index (κ2) is 6.41. The number of likely N-dealkylation sites (N-methyl/N-ethyl adjacent to an activating group) is 1. The van der Waals surface area contributed by atoms with E-state index in [-0.39, 0.29) is 17.2 Å². The highest BCUT2D eigenvalue weighted by Crippen LogP contribution is 2.21. The molecule has 0 radical (unpaired) electrons. The number of carbonyl (C=O) groups excluding carboxylic acids is 2. The molecule has 0 fully saturated rings. The Kier molecular flexibility index (Phi) is 4.90. The summed E-state index contributed by atoms with van der Waals surface area (Å²) in [5.74, 6) is -2.08. The number of nitrogens with one attached hydrogen (secondary N) is 3. The highest BCUT2D eigenvalue weighted by molar-refractivity contribution is 5.96. The van der Waals surface area contributed by atoms with Gasteiger partial charge in [-0.15, -0.1) is 0 Å². The van der Waals surface area contributed by atoms with E-state index in [1.165, 1.54) is 20.0 Å². The number of benzene rings is 1. The Balaban J connectivity index is 2.74. The van der Waals surface area contributed by atoms with Crippen molar-refractivity contribution in [3.05, 3.63) is 23.8 Å². The molecular formula is C12H15N3O5. The molecule has 0 aliphatic heterocycles. The van der Waals surface area contributed by atoms with Crippen molar-refractivity contribution in [2.45, 2.75) is 13.0 Å². The van der Waals surface area contributed by atoms with Gasteiger partial charge in [-0.2, -0.15) is 0 Å². The van der Waals surface area contributed by atoms with Crippen LogP contribution in [0.1, 0.15) is 17.3 Å². The zero-order valence-electron chi connectivity index (χ0n) is 10.9. The van der Waals surface area contributed by atoms with E-state index in [0.717, 1.165) is 12.1 Å². The lowest BCUT2D eigenvalue weighted by Gasteiger charge is -2.13. The molecule has 108 valence electrons. The third-order valence-corrected chi connectivity index (χ3v) is 2.47. The molecule has 0 saturated heterocycles. The molecule has 0 aliphatic rings. The summed E-state index contributed by atoms with van der Waals surface area (Å²) in [6, 6.07) is 2.20. The topological polar surface area (TPSA) is 128 Å². The number of carboxylic acid groups (broad SMARTS) is 1. The molecule has 1 rings (SSSR count). The van der Waals surface area contributed by atoms with Crippen molar-refractivity contribution >= 4 is 23.6 Å². The van der Waals surface area contributed by atoms with Crippen LogP contribution in [0.3, 0.4) is 0 Å². The largest absolute Gasteiger partial charge is 0.507 e. The molecule has 1 aromatic carbocycles. The summed E-state index contributed by atoms with van der Waals surface area (Å²) in [4.78, 5) is 33.6. The Morgan fingerprint density at radius 1 is 1.25 bits per heavy atom. The second-order valence-corrected chi connectivity index (χ2v) is 3.97. The number of phenols is 1. The Morgan fingerprint density at radius 3 is 2.45 bits per heavy atom. The number of rotatable bonds is 4. The molecule has 0 saturated carbocycles. The quantitative estimate of drug-likeness (QED) is 0.509. The third-order valence-electron chi connectivity index (χ3n) is 2.47. The van der Waals surface area contributed by atoms with Crippen molar-refractivity contribution in [2.24, 2.45) is 0 Å². The van der Waals surface area contributed by atoms with Gasteiger partial charge in [0.25, 0.3) is 0 Å². The van der Waals surface area contributed by atoms with Crippen molar-refractivity contribution in [3.8, 4) is 5.75 Å². The maximum Gasteiger partial charge on any atom is 0.339 e. The molecule has 0 aliphatic carbocycles. The van der Waals surface area contributed by atoms with Crippen molar-refractivity contribution in [2.75, 3.05) is 12.4 Å². The first-order chi connectivity index (χ1) is 9.35. The lowest BCUT2D eigenvalue weighted by molar-refractivity contribution is -0.122. The molecule has 0 bridgehead atoms. The average Bonchev–Trinajstić information content (AvgIpc) is 2.39. The van der Waals surface area contributed by atoms with Crippen LogP contribution < -0.4 is 16.0 Å². The molecule has 1 unspecified atom stereocenters. The van der Waals surface area contributed by atoms with Gasteiger partial charge in [-0.3, -0.25) is 4.79 Å². The van der Waals surface area contributed by atoms with Gasteiger partial charge in [0.2, 0.25) is 5.91 Å². The lowest BCUT2D eigenvalue weighted by Crippen LogP contribution is -2.45. The fourth-order valence-electron chi connectivity index (χ4n) is 1.43. The van der Waals surface area contributed by atoms with Gasteiger partial charge < -0.3 is 26.2 Å². The number of carbonyl (C=O) groups is 3. The van der Waals surface area contributed by atoms with Crippen LogP contribution >= 0.6 is 0 Å². The van der Waals surface area contributed by atoms with Crippen LogP contribution in [0.5, 0.6) is 5.75 Å². The molecule has 0 heterocycles. The van der Waals surface area contributed by atoms with Crippen LogP contribution in [0.2, 0.25) is 0 Å². The smallest absolute Gasteiger partial charge is 0.339 e. The Morgan fingerprint density at radius 2 is 1.90 bits per heavy atom. The fourth-order valence-corrected chi connectivity index (χ4v) is 1.43. The molecule has 0 aromatic heterocycles. The van der Waals surface area contributed by atoms with E-state index in [0.29, 0.717) is 0 Å². The van der Waals surface area contributed by atoms with E-state index in [1.54, 1.807) is 0 Å². The van der Waals surface area contributed by atoms with Crippen LogP contribution in [0.15, 0.2) is 18.2 Å². The van der Waals surface area contributed by atoms with E-state index >= 15 is 0 Å². The maximum atomic E-state index is 11.6. The van der Waals surface area contributed by atoms with Gasteiger partial charge in [-0.25, -0.2) is 9.59 Å². The summed E-state index contributed by atoms with van der Waals surface area (Å²) in [6.07, 6.45) is 0. The molecule has 8 heteroatoms. The highest BCUT2D eigenvalue weighted by atomic mass is 16.4. The number of urea groups is 1. The van der Waals surface area contributed by atoms with Gasteiger partial charge in [-0.05, 0) is 25.1 Å². The van der Waals surface area contributed by atoms with Crippen molar-refractivity contribution in [1.82, 2.24) is 10.6 Å². The Labute approximate surface area is 114 Å². The molecule has 3 amide bonds. The van der Waals surface area contributed by atoms with E-state index in [4.69, 9.17) is 5.11 Å². The minimum Gasteiger partial charge on any atom is -0.507 e. The first-order valence-corrected chi connectivity index (χ1v) is 5.70. The summed E-state index contributed by atoms with van der Waals surface area (Å²) in [7, 11) is 1.44. The minimum atomic E-state index is -1.31. The molecule has 5 N–H and O–H groups in total. The first kappa shape index (κ1) is 15.3. The summed E-state index contributed by atoms with van der Waals surface area (Å²) in [5, 5.41) is 25.3. The van der Waals surface area contributed by atoms with Gasteiger partial charge in [0.05, 0.1) is 0 Å². The SMILES string of the molecule is CNC(=O)C(C)NC(=O)Nc1ccc(O)c(C(=O)O)c1. The summed E-state index contributed by atoms with van der Waals surface area (Å²) < 4.78 is 0. The number of anilines is 1. The van der Waals surface area contributed by atoms with Gasteiger partial charge in [-0.1, -0.05) is 0 Å². The maximum absolute atomic E-state index is 11.6. The van der Waals surface area contributed by atoms with E-state index in [1.807, 2.05) is 0 Å². The summed E-state index contributed by atoms with van der Waals surface area (Å²) >= 11 is 0. The molecule has 1 atom stereocenters. The van der Waals surface area contributed by atoms with E-state index in [2.05, 4.69) is 16.0 Å². The van der Waals surface area contributed by atoms with Crippen molar-refractivity contribution in [1.29, 1.82) is 0 Å². The number of hydrogen-bond donors (Lipinski definition) is 5. The second-order valence-electron chi connectivity index (χ2n) is 3.97. The Hall–Kier alpha value is -2.77. The third kappa shape index (κ3) is 3.87. The molecule has 0 spiro atoms.